The van der Waals surface area contributed by atoms with Gasteiger partial charge in [0.2, 0.25) is 0 Å². The van der Waals surface area contributed by atoms with E-state index in [1.807, 2.05) is 0 Å². The van der Waals surface area contributed by atoms with Crippen molar-refractivity contribution in [1.29, 1.82) is 0 Å². The first-order chi connectivity index (χ1) is 9.15. The van der Waals surface area contributed by atoms with Gasteiger partial charge in [-0.05, 0) is 18.4 Å². The van der Waals surface area contributed by atoms with Crippen LogP contribution in [-0.2, 0) is 4.74 Å². The Bertz CT molecular complexity index is 469. The number of hydrogen-bond donors (Lipinski definition) is 1. The Morgan fingerprint density at radius 1 is 1.32 bits per heavy atom. The molecule has 1 aliphatic carbocycles. The lowest BCUT2D eigenvalue weighted by Crippen LogP contribution is -2.11. The van der Waals surface area contributed by atoms with Crippen molar-refractivity contribution < 1.29 is 19.0 Å². The minimum Gasteiger partial charge on any atom is -0.497 e. The first-order valence-corrected chi connectivity index (χ1v) is 6.34. The quantitative estimate of drug-likeness (QED) is 0.631. The van der Waals surface area contributed by atoms with E-state index in [9.17, 15) is 4.79 Å². The van der Waals surface area contributed by atoms with Crippen molar-refractivity contribution in [1.82, 2.24) is 0 Å². The molecule has 2 N–H and O–H groups in total. The molecular weight excluding hydrogens is 246 g/mol. The van der Waals surface area contributed by atoms with Crippen LogP contribution < -0.4 is 15.2 Å². The third kappa shape index (κ3) is 3.30. The molecule has 1 aromatic rings. The van der Waals surface area contributed by atoms with Crippen LogP contribution in [0.3, 0.4) is 0 Å². The van der Waals surface area contributed by atoms with Gasteiger partial charge in [-0.1, -0.05) is 12.8 Å². The molecular formula is C14H19NO4. The third-order valence-corrected chi connectivity index (χ3v) is 3.25. The smallest absolute Gasteiger partial charge is 0.340 e. The minimum atomic E-state index is -0.435. The number of methoxy groups -OCH3 is 2. The van der Waals surface area contributed by atoms with Crippen molar-refractivity contribution in [3.8, 4) is 11.5 Å². The molecule has 5 nitrogen and oxygen atoms in total. The number of ether oxygens (including phenoxy) is 3. The number of hydrogen-bond acceptors (Lipinski definition) is 5. The molecule has 0 amide bonds. The van der Waals surface area contributed by atoms with Gasteiger partial charge in [0.1, 0.15) is 11.5 Å². The molecule has 1 saturated carbocycles. The molecule has 0 aromatic heterocycles. The fourth-order valence-electron chi connectivity index (χ4n) is 1.86. The molecule has 1 fully saturated rings. The zero-order valence-electron chi connectivity index (χ0n) is 11.3. The van der Waals surface area contributed by atoms with Crippen molar-refractivity contribution in [3.63, 3.8) is 0 Å². The lowest BCUT2D eigenvalue weighted by atomic mass is 10.1. The summed E-state index contributed by atoms with van der Waals surface area (Å²) in [4.78, 5) is 12.0. The normalized spacial score (nSPS) is 14.0. The van der Waals surface area contributed by atoms with E-state index >= 15 is 0 Å². The molecule has 0 heterocycles. The molecule has 0 aliphatic heterocycles. The van der Waals surface area contributed by atoms with Crippen LogP contribution in [0.25, 0.3) is 0 Å². The van der Waals surface area contributed by atoms with E-state index in [0.29, 0.717) is 18.1 Å². The van der Waals surface area contributed by atoms with E-state index in [0.717, 1.165) is 12.3 Å². The summed E-state index contributed by atoms with van der Waals surface area (Å²) in [5.74, 6) is 1.22. The van der Waals surface area contributed by atoms with E-state index in [2.05, 4.69) is 0 Å². The van der Waals surface area contributed by atoms with Gasteiger partial charge in [0.15, 0.2) is 0 Å². The van der Waals surface area contributed by atoms with E-state index in [1.165, 1.54) is 27.1 Å². The maximum absolute atomic E-state index is 12.0. The van der Waals surface area contributed by atoms with Crippen LogP contribution in [0.4, 0.5) is 5.69 Å². The maximum atomic E-state index is 12.0. The first kappa shape index (κ1) is 13.5. The number of benzene rings is 1. The molecule has 2 rings (SSSR count). The molecule has 104 valence electrons. The zero-order valence-corrected chi connectivity index (χ0v) is 11.3. The van der Waals surface area contributed by atoms with E-state index < -0.39 is 5.97 Å². The van der Waals surface area contributed by atoms with Crippen LogP contribution in [0.1, 0.15) is 29.6 Å². The van der Waals surface area contributed by atoms with E-state index in [1.54, 1.807) is 12.1 Å². The standard InChI is InChI=1S/C14H19NO4/c1-17-10-7-11(13(15)12(8-10)18-2)14(16)19-6-5-9-3-4-9/h7-9H,3-6,15H2,1-2H3. The average molecular weight is 265 g/mol. The van der Waals surface area contributed by atoms with Crippen molar-refractivity contribution in [3.05, 3.63) is 17.7 Å². The Labute approximate surface area is 112 Å². The van der Waals surface area contributed by atoms with Gasteiger partial charge in [0, 0.05) is 6.07 Å². The highest BCUT2D eigenvalue weighted by atomic mass is 16.5. The molecule has 0 spiro atoms. The number of carbonyl (C=O) groups is 1. The third-order valence-electron chi connectivity index (χ3n) is 3.25. The molecule has 0 atom stereocenters. The maximum Gasteiger partial charge on any atom is 0.340 e. The van der Waals surface area contributed by atoms with Crippen molar-refractivity contribution >= 4 is 11.7 Å². The van der Waals surface area contributed by atoms with Crippen LogP contribution >= 0.6 is 0 Å². The van der Waals surface area contributed by atoms with Gasteiger partial charge in [-0.3, -0.25) is 0 Å². The highest BCUT2D eigenvalue weighted by Crippen LogP contribution is 2.33. The summed E-state index contributed by atoms with van der Waals surface area (Å²) in [7, 11) is 3.01. The van der Waals surface area contributed by atoms with Crippen molar-refractivity contribution in [2.75, 3.05) is 26.6 Å². The fourth-order valence-corrected chi connectivity index (χ4v) is 1.86. The lowest BCUT2D eigenvalue weighted by molar-refractivity contribution is 0.0495. The lowest BCUT2D eigenvalue weighted by Gasteiger charge is -2.12. The second-order valence-electron chi connectivity index (χ2n) is 4.66. The van der Waals surface area contributed by atoms with E-state index in [-0.39, 0.29) is 11.3 Å². The van der Waals surface area contributed by atoms with Gasteiger partial charge < -0.3 is 19.9 Å². The van der Waals surface area contributed by atoms with Gasteiger partial charge in [0.25, 0.3) is 0 Å². The second kappa shape index (κ2) is 5.82. The van der Waals surface area contributed by atoms with Crippen LogP contribution in [-0.4, -0.2) is 26.8 Å². The second-order valence-corrected chi connectivity index (χ2v) is 4.66. The summed E-state index contributed by atoms with van der Waals surface area (Å²) in [5.41, 5.74) is 6.44. The summed E-state index contributed by atoms with van der Waals surface area (Å²) in [6.45, 7) is 0.433. The Morgan fingerprint density at radius 2 is 2.05 bits per heavy atom. The Balaban J connectivity index is 2.09. The van der Waals surface area contributed by atoms with Crippen LogP contribution in [0.2, 0.25) is 0 Å². The van der Waals surface area contributed by atoms with Crippen molar-refractivity contribution in [2.45, 2.75) is 19.3 Å². The predicted octanol–water partition coefficient (Wildman–Crippen LogP) is 2.24. The summed E-state index contributed by atoms with van der Waals surface area (Å²) in [6.07, 6.45) is 3.41. The number of nitrogens with two attached hydrogens (primary N) is 1. The fraction of sp³-hybridized carbons (Fsp3) is 0.500. The molecule has 0 bridgehead atoms. The predicted molar refractivity (Wildman–Crippen MR) is 71.6 cm³/mol. The zero-order chi connectivity index (χ0) is 13.8. The average Bonchev–Trinajstić information content (AvgIpc) is 3.23. The van der Waals surface area contributed by atoms with Gasteiger partial charge in [0.05, 0.1) is 32.1 Å². The number of anilines is 1. The molecule has 19 heavy (non-hydrogen) atoms. The number of rotatable bonds is 6. The monoisotopic (exact) mass is 265 g/mol. The summed E-state index contributed by atoms with van der Waals surface area (Å²) < 4.78 is 15.5. The number of esters is 1. The summed E-state index contributed by atoms with van der Waals surface area (Å²) in [5, 5.41) is 0. The topological polar surface area (TPSA) is 70.8 Å². The molecule has 0 radical (unpaired) electrons. The Morgan fingerprint density at radius 3 is 2.63 bits per heavy atom. The molecule has 1 aliphatic rings. The Kier molecular flexibility index (Phi) is 4.14. The van der Waals surface area contributed by atoms with Crippen molar-refractivity contribution in [2.24, 2.45) is 5.92 Å². The van der Waals surface area contributed by atoms with Gasteiger partial charge in [-0.25, -0.2) is 4.79 Å². The largest absolute Gasteiger partial charge is 0.497 e. The number of nitrogen functional groups attached to an aromatic ring is 1. The van der Waals surface area contributed by atoms with Crippen LogP contribution in [0, 0.1) is 5.92 Å². The SMILES string of the molecule is COc1cc(OC)c(N)c(C(=O)OCCC2CC2)c1. The highest BCUT2D eigenvalue weighted by Gasteiger charge is 2.22. The molecule has 5 heteroatoms. The first-order valence-electron chi connectivity index (χ1n) is 6.34. The Hall–Kier alpha value is -1.91. The molecule has 1 aromatic carbocycles. The number of carbonyl (C=O) groups excluding carboxylic acids is 1. The summed E-state index contributed by atoms with van der Waals surface area (Å²) in [6, 6.07) is 3.20. The van der Waals surface area contributed by atoms with Gasteiger partial charge in [-0.15, -0.1) is 0 Å². The van der Waals surface area contributed by atoms with Crippen LogP contribution in [0.15, 0.2) is 12.1 Å². The highest BCUT2D eigenvalue weighted by molar-refractivity contribution is 5.97. The minimum absolute atomic E-state index is 0.278. The molecule has 0 unspecified atom stereocenters. The molecule has 0 saturated heterocycles. The van der Waals surface area contributed by atoms with Gasteiger partial charge >= 0.3 is 5.97 Å². The van der Waals surface area contributed by atoms with Gasteiger partial charge in [-0.2, -0.15) is 0 Å². The van der Waals surface area contributed by atoms with Crippen LogP contribution in [0.5, 0.6) is 11.5 Å². The van der Waals surface area contributed by atoms with E-state index in [4.69, 9.17) is 19.9 Å². The summed E-state index contributed by atoms with van der Waals surface area (Å²) >= 11 is 0.